The normalized spacial score (nSPS) is 14.0. The van der Waals surface area contributed by atoms with Gasteiger partial charge in [-0.1, -0.05) is 5.92 Å². The Morgan fingerprint density at radius 3 is 2.75 bits per heavy atom. The zero-order valence-corrected chi connectivity index (χ0v) is 14.5. The number of nitrogens with one attached hydrogen (secondary N) is 1. The van der Waals surface area contributed by atoms with E-state index in [0.29, 0.717) is 18.7 Å². The van der Waals surface area contributed by atoms with E-state index in [2.05, 4.69) is 10.6 Å². The van der Waals surface area contributed by atoms with Crippen LogP contribution in [-0.4, -0.2) is 32.3 Å². The van der Waals surface area contributed by atoms with Crippen LogP contribution in [0.15, 0.2) is 40.6 Å². The molecule has 124 valence electrons. The highest BCUT2D eigenvalue weighted by Crippen LogP contribution is 2.25. The molecule has 0 spiro atoms. The maximum absolute atomic E-state index is 12.6. The van der Waals surface area contributed by atoms with E-state index in [9.17, 15) is 13.2 Å². The number of rotatable bonds is 4. The second-order valence-electron chi connectivity index (χ2n) is 5.40. The van der Waals surface area contributed by atoms with Crippen LogP contribution < -0.4 is 4.72 Å². The summed E-state index contributed by atoms with van der Waals surface area (Å²) in [6.07, 6.45) is 5.92. The first-order chi connectivity index (χ1) is 11.5. The third-order valence-electron chi connectivity index (χ3n) is 3.87. The van der Waals surface area contributed by atoms with Gasteiger partial charge >= 0.3 is 0 Å². The van der Waals surface area contributed by atoms with Gasteiger partial charge in [0, 0.05) is 23.5 Å². The summed E-state index contributed by atoms with van der Waals surface area (Å²) >= 11 is 1.72. The lowest BCUT2D eigenvalue weighted by molar-refractivity contribution is 0.0736. The third kappa shape index (κ3) is 3.36. The third-order valence-corrected chi connectivity index (χ3v) is 6.31. The molecule has 0 fully saturated rings. The second-order valence-corrected chi connectivity index (χ2v) is 8.17. The Bertz CT molecular complexity index is 893. The topological polar surface area (TPSA) is 66.5 Å². The van der Waals surface area contributed by atoms with Crippen LogP contribution in [0.25, 0.3) is 0 Å². The number of carbonyl (C=O) groups is 1. The van der Waals surface area contributed by atoms with Crippen molar-refractivity contribution in [2.75, 3.05) is 13.1 Å². The number of nitrogens with zero attached hydrogens (tertiary/aromatic N) is 1. The minimum atomic E-state index is -3.64. The molecule has 0 unspecified atom stereocenters. The second kappa shape index (κ2) is 6.77. The van der Waals surface area contributed by atoms with Gasteiger partial charge in [-0.25, -0.2) is 8.42 Å². The first kappa shape index (κ1) is 16.7. The van der Waals surface area contributed by atoms with Crippen molar-refractivity contribution in [2.45, 2.75) is 17.9 Å². The van der Waals surface area contributed by atoms with Crippen molar-refractivity contribution in [2.24, 2.45) is 0 Å². The Morgan fingerprint density at radius 1 is 1.29 bits per heavy atom. The number of carbonyl (C=O) groups excluding carboxylic acids is 1. The van der Waals surface area contributed by atoms with E-state index in [1.54, 1.807) is 16.2 Å². The number of hydrogen-bond acceptors (Lipinski definition) is 4. The SMILES string of the molecule is C#CCNS(=O)(=O)c1ccc(C(=O)N2CCc3sccc3C2)cc1. The van der Waals surface area contributed by atoms with Crippen LogP contribution in [0.2, 0.25) is 0 Å². The Balaban J connectivity index is 1.74. The molecule has 1 aromatic heterocycles. The Hall–Kier alpha value is -2.14. The zero-order chi connectivity index (χ0) is 17.2. The number of thiophene rings is 1. The fourth-order valence-electron chi connectivity index (χ4n) is 2.60. The maximum Gasteiger partial charge on any atom is 0.254 e. The van der Waals surface area contributed by atoms with E-state index in [1.807, 2.05) is 11.4 Å². The maximum atomic E-state index is 12.6. The molecule has 7 heteroatoms. The van der Waals surface area contributed by atoms with Gasteiger partial charge in [-0.3, -0.25) is 4.79 Å². The first-order valence-electron chi connectivity index (χ1n) is 7.39. The van der Waals surface area contributed by atoms with E-state index in [-0.39, 0.29) is 17.3 Å². The minimum Gasteiger partial charge on any atom is -0.334 e. The fourth-order valence-corrected chi connectivity index (χ4v) is 4.43. The highest BCUT2D eigenvalue weighted by molar-refractivity contribution is 7.89. The van der Waals surface area contributed by atoms with Gasteiger partial charge in [0.15, 0.2) is 0 Å². The summed E-state index contributed by atoms with van der Waals surface area (Å²) in [5, 5.41) is 2.04. The summed E-state index contributed by atoms with van der Waals surface area (Å²) in [6, 6.07) is 7.97. The van der Waals surface area contributed by atoms with Gasteiger partial charge in [-0.15, -0.1) is 17.8 Å². The number of hydrogen-bond donors (Lipinski definition) is 1. The molecule has 3 rings (SSSR count). The lowest BCUT2D eigenvalue weighted by atomic mass is 10.1. The summed E-state index contributed by atoms with van der Waals surface area (Å²) in [4.78, 5) is 15.8. The van der Waals surface area contributed by atoms with Gasteiger partial charge in [0.05, 0.1) is 11.4 Å². The van der Waals surface area contributed by atoms with Crippen LogP contribution in [0, 0.1) is 12.3 Å². The molecule has 2 aromatic rings. The molecular weight excluding hydrogens is 344 g/mol. The lowest BCUT2D eigenvalue weighted by Gasteiger charge is -2.27. The lowest BCUT2D eigenvalue weighted by Crippen LogP contribution is -2.35. The van der Waals surface area contributed by atoms with Crippen molar-refractivity contribution < 1.29 is 13.2 Å². The summed E-state index contributed by atoms with van der Waals surface area (Å²) < 4.78 is 26.2. The number of sulfonamides is 1. The van der Waals surface area contributed by atoms with Crippen molar-refractivity contribution in [1.82, 2.24) is 9.62 Å². The highest BCUT2D eigenvalue weighted by Gasteiger charge is 2.23. The van der Waals surface area contributed by atoms with Crippen molar-refractivity contribution >= 4 is 27.3 Å². The van der Waals surface area contributed by atoms with Crippen LogP contribution in [0.4, 0.5) is 0 Å². The van der Waals surface area contributed by atoms with Crippen LogP contribution in [0.1, 0.15) is 20.8 Å². The average molecular weight is 360 g/mol. The van der Waals surface area contributed by atoms with Crippen molar-refractivity contribution in [3.8, 4) is 12.3 Å². The largest absolute Gasteiger partial charge is 0.334 e. The molecule has 1 aliphatic heterocycles. The van der Waals surface area contributed by atoms with E-state index in [0.717, 1.165) is 6.42 Å². The van der Waals surface area contributed by atoms with E-state index in [1.165, 1.54) is 34.7 Å². The van der Waals surface area contributed by atoms with Crippen molar-refractivity contribution in [3.63, 3.8) is 0 Å². The quantitative estimate of drug-likeness (QED) is 0.847. The van der Waals surface area contributed by atoms with Gasteiger partial charge in [-0.2, -0.15) is 4.72 Å². The first-order valence-corrected chi connectivity index (χ1v) is 9.75. The predicted molar refractivity (Wildman–Crippen MR) is 93.2 cm³/mol. The summed E-state index contributed by atoms with van der Waals surface area (Å²) in [6.45, 7) is 1.21. The molecule has 0 bridgehead atoms. The summed E-state index contributed by atoms with van der Waals surface area (Å²) in [7, 11) is -3.64. The average Bonchev–Trinajstić information content (AvgIpc) is 3.07. The predicted octanol–water partition coefficient (Wildman–Crippen LogP) is 1.86. The van der Waals surface area contributed by atoms with Gasteiger partial charge in [0.1, 0.15) is 0 Å². The summed E-state index contributed by atoms with van der Waals surface area (Å²) in [5.74, 6) is 2.13. The number of benzene rings is 1. The molecule has 0 saturated carbocycles. The number of fused-ring (bicyclic) bond motifs is 1. The van der Waals surface area contributed by atoms with Crippen LogP contribution in [-0.2, 0) is 23.0 Å². The molecule has 1 amide bonds. The number of terminal acetylenes is 1. The van der Waals surface area contributed by atoms with Gasteiger partial charge in [-0.05, 0) is 47.7 Å². The highest BCUT2D eigenvalue weighted by atomic mass is 32.2. The van der Waals surface area contributed by atoms with Crippen molar-refractivity contribution in [1.29, 1.82) is 0 Å². The van der Waals surface area contributed by atoms with Crippen molar-refractivity contribution in [3.05, 3.63) is 51.7 Å². The molecule has 5 nitrogen and oxygen atoms in total. The molecule has 0 atom stereocenters. The summed E-state index contributed by atoms with van der Waals surface area (Å²) in [5.41, 5.74) is 1.67. The van der Waals surface area contributed by atoms with E-state index >= 15 is 0 Å². The van der Waals surface area contributed by atoms with Crippen LogP contribution >= 0.6 is 11.3 Å². The van der Waals surface area contributed by atoms with Gasteiger partial charge < -0.3 is 4.90 Å². The molecule has 2 heterocycles. The fraction of sp³-hybridized carbons (Fsp3) is 0.235. The zero-order valence-electron chi connectivity index (χ0n) is 12.9. The molecule has 0 radical (unpaired) electrons. The Labute approximate surface area is 145 Å². The minimum absolute atomic E-state index is 0.0697. The van der Waals surface area contributed by atoms with Gasteiger partial charge in [0.2, 0.25) is 10.0 Å². The Kier molecular flexibility index (Phi) is 4.71. The van der Waals surface area contributed by atoms with Crippen LogP contribution in [0.3, 0.4) is 0 Å². The monoisotopic (exact) mass is 360 g/mol. The molecule has 0 aliphatic carbocycles. The van der Waals surface area contributed by atoms with E-state index < -0.39 is 10.0 Å². The number of amides is 1. The van der Waals surface area contributed by atoms with Gasteiger partial charge in [0.25, 0.3) is 5.91 Å². The molecule has 1 N–H and O–H groups in total. The Morgan fingerprint density at radius 2 is 2.04 bits per heavy atom. The molecule has 1 aromatic carbocycles. The molecule has 0 saturated heterocycles. The smallest absolute Gasteiger partial charge is 0.254 e. The molecular formula is C17H16N2O3S2. The van der Waals surface area contributed by atoms with E-state index in [4.69, 9.17) is 6.42 Å². The molecule has 1 aliphatic rings. The standard InChI is InChI=1S/C17H16N2O3S2/c1-2-9-18-24(21,22)15-5-3-13(4-6-15)17(20)19-10-7-16-14(12-19)8-11-23-16/h1,3-6,8,11,18H,7,9-10,12H2. The van der Waals surface area contributed by atoms with Crippen LogP contribution in [0.5, 0.6) is 0 Å². The molecule has 24 heavy (non-hydrogen) atoms.